The van der Waals surface area contributed by atoms with Crippen molar-refractivity contribution in [2.45, 2.75) is 12.8 Å². The number of rotatable bonds is 7. The Hall–Kier alpha value is -2.60. The molecule has 0 aliphatic carbocycles. The molecule has 1 fully saturated rings. The van der Waals surface area contributed by atoms with Gasteiger partial charge < -0.3 is 14.4 Å². The topological polar surface area (TPSA) is 42.0 Å². The van der Waals surface area contributed by atoms with Gasteiger partial charge in [0.25, 0.3) is 0 Å². The Kier molecular flexibility index (Phi) is 6.87. The maximum absolute atomic E-state index is 13.7. The van der Waals surface area contributed by atoms with Gasteiger partial charge in [-0.25, -0.2) is 4.39 Å². The average molecular weight is 386 g/mol. The Morgan fingerprint density at radius 1 is 1.00 bits per heavy atom. The number of hydrogen-bond acceptors (Lipinski definition) is 4. The second kappa shape index (κ2) is 9.55. The molecule has 28 heavy (non-hydrogen) atoms. The molecular weight excluding hydrogens is 359 g/mol. The molecule has 1 saturated heterocycles. The molecule has 1 amide bonds. The van der Waals surface area contributed by atoms with Gasteiger partial charge in [-0.1, -0.05) is 24.3 Å². The van der Waals surface area contributed by atoms with E-state index in [0.717, 1.165) is 30.8 Å². The normalized spacial score (nSPS) is 14.8. The lowest BCUT2D eigenvalue weighted by Crippen LogP contribution is -2.49. The highest BCUT2D eigenvalue weighted by atomic mass is 19.1. The van der Waals surface area contributed by atoms with E-state index in [1.54, 1.807) is 20.3 Å². The Balaban J connectivity index is 1.48. The number of carbonyl (C=O) groups is 1. The van der Waals surface area contributed by atoms with Crippen LogP contribution in [-0.2, 0) is 17.6 Å². The van der Waals surface area contributed by atoms with Gasteiger partial charge in [0.1, 0.15) is 5.82 Å². The van der Waals surface area contributed by atoms with Crippen LogP contribution in [-0.4, -0.2) is 62.7 Å². The van der Waals surface area contributed by atoms with E-state index in [0.29, 0.717) is 37.4 Å². The number of hydrogen-bond donors (Lipinski definition) is 0. The highest BCUT2D eigenvalue weighted by molar-refractivity contribution is 5.79. The molecule has 1 aliphatic rings. The number of methoxy groups -OCH3 is 2. The van der Waals surface area contributed by atoms with Crippen molar-refractivity contribution in [3.8, 4) is 11.5 Å². The summed E-state index contributed by atoms with van der Waals surface area (Å²) in [6, 6.07) is 12.5. The van der Waals surface area contributed by atoms with E-state index in [1.165, 1.54) is 6.07 Å². The third-order valence-corrected chi connectivity index (χ3v) is 5.18. The predicted octanol–water partition coefficient (Wildman–Crippen LogP) is 2.77. The first kappa shape index (κ1) is 20.1. The number of benzene rings is 2. The van der Waals surface area contributed by atoms with Gasteiger partial charge in [0.2, 0.25) is 5.91 Å². The van der Waals surface area contributed by atoms with Gasteiger partial charge in [0, 0.05) is 32.7 Å². The molecule has 0 aromatic heterocycles. The van der Waals surface area contributed by atoms with E-state index in [1.807, 2.05) is 35.2 Å². The van der Waals surface area contributed by atoms with E-state index in [4.69, 9.17) is 9.47 Å². The summed E-state index contributed by atoms with van der Waals surface area (Å²) in [4.78, 5) is 16.8. The number of piperazine rings is 1. The molecule has 0 spiro atoms. The van der Waals surface area contributed by atoms with Gasteiger partial charge in [-0.3, -0.25) is 9.69 Å². The minimum absolute atomic E-state index is 0.112. The minimum Gasteiger partial charge on any atom is -0.493 e. The van der Waals surface area contributed by atoms with E-state index >= 15 is 0 Å². The van der Waals surface area contributed by atoms with Crippen LogP contribution in [0.1, 0.15) is 11.1 Å². The van der Waals surface area contributed by atoms with Crippen LogP contribution in [0.25, 0.3) is 0 Å². The fourth-order valence-electron chi connectivity index (χ4n) is 3.48. The summed E-state index contributed by atoms with van der Waals surface area (Å²) in [6.45, 7) is 3.82. The van der Waals surface area contributed by atoms with Crippen LogP contribution in [0.3, 0.4) is 0 Å². The average Bonchev–Trinajstić information content (AvgIpc) is 2.73. The van der Waals surface area contributed by atoms with Crippen LogP contribution in [0.5, 0.6) is 11.5 Å². The lowest BCUT2D eigenvalue weighted by atomic mass is 10.1. The summed E-state index contributed by atoms with van der Waals surface area (Å²) in [5.41, 5.74) is 1.65. The number of carbonyl (C=O) groups excluding carboxylic acids is 1. The van der Waals surface area contributed by atoms with Gasteiger partial charge in [0.15, 0.2) is 11.5 Å². The third kappa shape index (κ3) is 5.01. The van der Waals surface area contributed by atoms with Crippen LogP contribution < -0.4 is 9.47 Å². The van der Waals surface area contributed by atoms with E-state index < -0.39 is 0 Å². The van der Waals surface area contributed by atoms with E-state index in [9.17, 15) is 9.18 Å². The number of halogens is 1. The SMILES string of the molecule is COc1ccc(CC(=O)N2CCN(CCc3ccccc3F)CC2)cc1OC. The van der Waals surface area contributed by atoms with Gasteiger partial charge >= 0.3 is 0 Å². The number of amides is 1. The molecular formula is C22H27FN2O3. The molecule has 1 aliphatic heterocycles. The monoisotopic (exact) mass is 386 g/mol. The van der Waals surface area contributed by atoms with Gasteiger partial charge in [-0.2, -0.15) is 0 Å². The predicted molar refractivity (Wildman–Crippen MR) is 106 cm³/mol. The van der Waals surface area contributed by atoms with Crippen LogP contribution in [0, 0.1) is 5.82 Å². The van der Waals surface area contributed by atoms with Crippen molar-refractivity contribution in [1.29, 1.82) is 0 Å². The van der Waals surface area contributed by atoms with Crippen molar-refractivity contribution in [3.63, 3.8) is 0 Å². The van der Waals surface area contributed by atoms with Crippen molar-refractivity contribution < 1.29 is 18.7 Å². The highest BCUT2D eigenvalue weighted by Crippen LogP contribution is 2.27. The van der Waals surface area contributed by atoms with Crippen LogP contribution >= 0.6 is 0 Å². The van der Waals surface area contributed by atoms with Gasteiger partial charge in [-0.05, 0) is 35.7 Å². The first-order valence-corrected chi connectivity index (χ1v) is 9.55. The van der Waals surface area contributed by atoms with Gasteiger partial charge in [-0.15, -0.1) is 0 Å². The van der Waals surface area contributed by atoms with Crippen LogP contribution in [0.2, 0.25) is 0 Å². The Morgan fingerprint density at radius 3 is 2.39 bits per heavy atom. The van der Waals surface area contributed by atoms with Crippen LogP contribution in [0.4, 0.5) is 4.39 Å². The molecule has 5 nitrogen and oxygen atoms in total. The number of nitrogens with zero attached hydrogens (tertiary/aromatic N) is 2. The minimum atomic E-state index is -0.147. The maximum Gasteiger partial charge on any atom is 0.227 e. The van der Waals surface area contributed by atoms with Crippen LogP contribution in [0.15, 0.2) is 42.5 Å². The molecule has 2 aromatic carbocycles. The second-order valence-electron chi connectivity index (χ2n) is 6.93. The molecule has 1 heterocycles. The van der Waals surface area contributed by atoms with Crippen molar-refractivity contribution in [1.82, 2.24) is 9.80 Å². The summed E-state index contributed by atoms with van der Waals surface area (Å²) < 4.78 is 24.3. The smallest absolute Gasteiger partial charge is 0.227 e. The zero-order valence-electron chi connectivity index (χ0n) is 16.5. The summed E-state index contributed by atoms with van der Waals surface area (Å²) in [5, 5.41) is 0. The third-order valence-electron chi connectivity index (χ3n) is 5.18. The largest absolute Gasteiger partial charge is 0.493 e. The summed E-state index contributed by atoms with van der Waals surface area (Å²) in [5.74, 6) is 1.25. The van der Waals surface area contributed by atoms with Crippen molar-refractivity contribution in [3.05, 3.63) is 59.4 Å². The van der Waals surface area contributed by atoms with E-state index in [2.05, 4.69) is 4.90 Å². The molecule has 150 valence electrons. The quantitative estimate of drug-likeness (QED) is 0.734. The van der Waals surface area contributed by atoms with Crippen molar-refractivity contribution >= 4 is 5.91 Å². The summed E-state index contributed by atoms with van der Waals surface area (Å²) in [7, 11) is 3.18. The molecule has 0 unspecified atom stereocenters. The molecule has 0 N–H and O–H groups in total. The fraction of sp³-hybridized carbons (Fsp3) is 0.409. The first-order chi connectivity index (χ1) is 13.6. The first-order valence-electron chi connectivity index (χ1n) is 9.55. The molecule has 6 heteroatoms. The molecule has 0 bridgehead atoms. The Bertz CT molecular complexity index is 804. The molecule has 3 rings (SSSR count). The maximum atomic E-state index is 13.7. The highest BCUT2D eigenvalue weighted by Gasteiger charge is 2.21. The molecule has 2 aromatic rings. The zero-order chi connectivity index (χ0) is 19.9. The Morgan fingerprint density at radius 2 is 1.71 bits per heavy atom. The summed E-state index contributed by atoms with van der Waals surface area (Å²) in [6.07, 6.45) is 1.03. The molecule has 0 saturated carbocycles. The number of ether oxygens (including phenoxy) is 2. The van der Waals surface area contributed by atoms with E-state index in [-0.39, 0.29) is 11.7 Å². The zero-order valence-corrected chi connectivity index (χ0v) is 16.5. The fourth-order valence-corrected chi connectivity index (χ4v) is 3.48. The van der Waals surface area contributed by atoms with Crippen molar-refractivity contribution in [2.24, 2.45) is 0 Å². The molecule has 0 radical (unpaired) electrons. The second-order valence-corrected chi connectivity index (χ2v) is 6.93. The standard InChI is InChI=1S/C22H27FN2O3/c1-27-20-8-7-17(15-21(20)28-2)16-22(26)25-13-11-24(12-14-25)10-9-18-5-3-4-6-19(18)23/h3-8,15H,9-14,16H2,1-2H3. The lowest BCUT2D eigenvalue weighted by Gasteiger charge is -2.35. The van der Waals surface area contributed by atoms with Crippen molar-refractivity contribution in [2.75, 3.05) is 46.9 Å². The lowest BCUT2D eigenvalue weighted by molar-refractivity contribution is -0.132. The summed E-state index contributed by atoms with van der Waals surface area (Å²) >= 11 is 0. The molecule has 0 atom stereocenters. The Labute approximate surface area is 165 Å². The van der Waals surface area contributed by atoms with Gasteiger partial charge in [0.05, 0.1) is 20.6 Å².